The lowest BCUT2D eigenvalue weighted by molar-refractivity contribution is -0.0497. The zero-order chi connectivity index (χ0) is 14.6. The molecule has 1 aromatic rings. The molecule has 4 heteroatoms. The van der Waals surface area contributed by atoms with E-state index < -0.39 is 5.92 Å². The number of halogens is 2. The lowest BCUT2D eigenvalue weighted by Gasteiger charge is -2.33. The summed E-state index contributed by atoms with van der Waals surface area (Å²) in [6, 6.07) is 8.34. The van der Waals surface area contributed by atoms with Gasteiger partial charge in [0, 0.05) is 18.9 Å². The summed E-state index contributed by atoms with van der Waals surface area (Å²) < 4.78 is 26.5. The molecule has 112 valence electrons. The van der Waals surface area contributed by atoms with Gasteiger partial charge < -0.3 is 0 Å². The number of nitrogens with one attached hydrogen (secondary N) is 1. The van der Waals surface area contributed by atoms with Crippen LogP contribution >= 0.6 is 0 Å². The third kappa shape index (κ3) is 3.76. The van der Waals surface area contributed by atoms with Gasteiger partial charge in [-0.3, -0.25) is 11.3 Å². The number of alkyl halides is 2. The Kier molecular flexibility index (Phi) is 5.11. The average molecular weight is 282 g/mol. The van der Waals surface area contributed by atoms with E-state index in [0.29, 0.717) is 12.8 Å². The molecule has 0 heterocycles. The van der Waals surface area contributed by atoms with Crippen molar-refractivity contribution in [3.05, 3.63) is 35.4 Å². The molecular formula is C16H24F2N2. The molecule has 1 fully saturated rings. The molecule has 1 saturated carbocycles. The van der Waals surface area contributed by atoms with Gasteiger partial charge in [-0.15, -0.1) is 0 Å². The lowest BCUT2D eigenvalue weighted by Crippen LogP contribution is -2.37. The molecular weight excluding hydrogens is 258 g/mol. The number of rotatable bonds is 5. The van der Waals surface area contributed by atoms with Crippen molar-refractivity contribution in [1.29, 1.82) is 0 Å². The first-order chi connectivity index (χ1) is 9.55. The largest absolute Gasteiger partial charge is 0.271 e. The van der Waals surface area contributed by atoms with Crippen molar-refractivity contribution in [2.24, 2.45) is 11.8 Å². The van der Waals surface area contributed by atoms with Crippen molar-refractivity contribution in [2.75, 3.05) is 0 Å². The summed E-state index contributed by atoms with van der Waals surface area (Å²) in [5.74, 6) is 3.37. The Balaban J connectivity index is 2.04. The highest BCUT2D eigenvalue weighted by Crippen LogP contribution is 2.41. The second-order valence-electron chi connectivity index (χ2n) is 5.83. The minimum Gasteiger partial charge on any atom is -0.271 e. The van der Waals surface area contributed by atoms with E-state index in [0.717, 1.165) is 18.4 Å². The van der Waals surface area contributed by atoms with E-state index in [1.807, 2.05) is 0 Å². The Bertz CT molecular complexity index is 407. The maximum atomic E-state index is 13.2. The molecule has 20 heavy (non-hydrogen) atoms. The first-order valence-corrected chi connectivity index (χ1v) is 7.48. The van der Waals surface area contributed by atoms with Crippen LogP contribution in [0, 0.1) is 5.92 Å². The van der Waals surface area contributed by atoms with Crippen LogP contribution in [0.3, 0.4) is 0 Å². The van der Waals surface area contributed by atoms with Crippen LogP contribution in [0.2, 0.25) is 0 Å². The maximum absolute atomic E-state index is 13.2. The normalized spacial score (nSPS) is 20.8. The van der Waals surface area contributed by atoms with Crippen LogP contribution in [-0.4, -0.2) is 5.92 Å². The summed E-state index contributed by atoms with van der Waals surface area (Å²) in [4.78, 5) is 0. The predicted octanol–water partition coefficient (Wildman–Crippen LogP) is 3.97. The van der Waals surface area contributed by atoms with Crippen molar-refractivity contribution in [3.8, 4) is 0 Å². The van der Waals surface area contributed by atoms with Crippen LogP contribution < -0.4 is 11.3 Å². The first kappa shape index (κ1) is 15.4. The number of hydrogen-bond donors (Lipinski definition) is 2. The molecule has 0 bridgehead atoms. The van der Waals surface area contributed by atoms with Crippen molar-refractivity contribution in [2.45, 2.75) is 57.4 Å². The number of hydrazine groups is 1. The number of aryl methyl sites for hydroxylation is 1. The third-order valence-corrected chi connectivity index (χ3v) is 4.29. The molecule has 1 aromatic carbocycles. The second kappa shape index (κ2) is 6.64. The minimum absolute atomic E-state index is 0.0240. The quantitative estimate of drug-likeness (QED) is 0.633. The Hall–Kier alpha value is -1.00. The van der Waals surface area contributed by atoms with E-state index in [-0.39, 0.29) is 24.8 Å². The predicted molar refractivity (Wildman–Crippen MR) is 77.4 cm³/mol. The van der Waals surface area contributed by atoms with Gasteiger partial charge in [0.25, 0.3) is 0 Å². The fourth-order valence-electron chi connectivity index (χ4n) is 3.08. The second-order valence-corrected chi connectivity index (χ2v) is 5.83. The van der Waals surface area contributed by atoms with Gasteiger partial charge in [-0.05, 0) is 36.3 Å². The van der Waals surface area contributed by atoms with Crippen molar-refractivity contribution in [1.82, 2.24) is 5.43 Å². The monoisotopic (exact) mass is 282 g/mol. The van der Waals surface area contributed by atoms with E-state index in [1.165, 1.54) is 5.56 Å². The van der Waals surface area contributed by atoms with Crippen LogP contribution in [-0.2, 0) is 6.42 Å². The van der Waals surface area contributed by atoms with Gasteiger partial charge in [0.05, 0.1) is 0 Å². The van der Waals surface area contributed by atoms with E-state index in [1.54, 1.807) is 0 Å². The van der Waals surface area contributed by atoms with Gasteiger partial charge in [-0.1, -0.05) is 37.6 Å². The average Bonchev–Trinajstić information content (AvgIpc) is 2.43. The molecule has 1 atom stereocenters. The first-order valence-electron chi connectivity index (χ1n) is 7.48. The van der Waals surface area contributed by atoms with Gasteiger partial charge in [0.2, 0.25) is 5.92 Å². The highest BCUT2D eigenvalue weighted by atomic mass is 19.3. The molecule has 0 spiro atoms. The SMILES string of the molecule is CCCc1ccc(C(NN)C2CCC(F)(F)CC2)cc1. The Morgan fingerprint density at radius 2 is 1.85 bits per heavy atom. The molecule has 2 rings (SSSR count). The van der Waals surface area contributed by atoms with Crippen LogP contribution in [0.15, 0.2) is 24.3 Å². The van der Waals surface area contributed by atoms with Crippen molar-refractivity contribution >= 4 is 0 Å². The fraction of sp³-hybridized carbons (Fsp3) is 0.625. The zero-order valence-electron chi connectivity index (χ0n) is 12.0. The Morgan fingerprint density at radius 1 is 1.25 bits per heavy atom. The van der Waals surface area contributed by atoms with E-state index in [9.17, 15) is 8.78 Å². The maximum Gasteiger partial charge on any atom is 0.248 e. The molecule has 0 saturated heterocycles. The molecule has 1 aliphatic carbocycles. The summed E-state index contributed by atoms with van der Waals surface area (Å²) in [7, 11) is 0. The molecule has 0 radical (unpaired) electrons. The van der Waals surface area contributed by atoms with Gasteiger partial charge in [0.15, 0.2) is 0 Å². The van der Waals surface area contributed by atoms with Gasteiger partial charge in [-0.2, -0.15) is 0 Å². The molecule has 0 aliphatic heterocycles. The highest BCUT2D eigenvalue weighted by Gasteiger charge is 2.37. The Labute approximate surface area is 119 Å². The minimum atomic E-state index is -2.49. The number of hydrogen-bond acceptors (Lipinski definition) is 2. The summed E-state index contributed by atoms with van der Waals surface area (Å²) in [6.45, 7) is 2.15. The summed E-state index contributed by atoms with van der Waals surface area (Å²) in [6.07, 6.45) is 3.19. The topological polar surface area (TPSA) is 38.0 Å². The van der Waals surface area contributed by atoms with Crippen LogP contribution in [0.4, 0.5) is 8.78 Å². The third-order valence-electron chi connectivity index (χ3n) is 4.29. The van der Waals surface area contributed by atoms with E-state index in [4.69, 9.17) is 5.84 Å². The lowest BCUT2D eigenvalue weighted by atomic mass is 9.80. The smallest absolute Gasteiger partial charge is 0.248 e. The van der Waals surface area contributed by atoms with Crippen LogP contribution in [0.5, 0.6) is 0 Å². The summed E-state index contributed by atoms with van der Waals surface area (Å²) in [5.41, 5.74) is 5.23. The van der Waals surface area contributed by atoms with Gasteiger partial charge >= 0.3 is 0 Å². The molecule has 1 unspecified atom stereocenters. The summed E-state index contributed by atoms with van der Waals surface area (Å²) in [5, 5.41) is 0. The van der Waals surface area contributed by atoms with E-state index in [2.05, 4.69) is 36.6 Å². The van der Waals surface area contributed by atoms with Crippen molar-refractivity contribution < 1.29 is 8.78 Å². The molecule has 0 amide bonds. The Morgan fingerprint density at radius 3 is 2.35 bits per heavy atom. The van der Waals surface area contributed by atoms with Gasteiger partial charge in [0.1, 0.15) is 0 Å². The van der Waals surface area contributed by atoms with E-state index >= 15 is 0 Å². The molecule has 0 aromatic heterocycles. The number of nitrogens with two attached hydrogens (primary N) is 1. The van der Waals surface area contributed by atoms with Crippen LogP contribution in [0.1, 0.15) is 56.2 Å². The van der Waals surface area contributed by atoms with Crippen LogP contribution in [0.25, 0.3) is 0 Å². The number of benzene rings is 1. The summed E-state index contributed by atoms with van der Waals surface area (Å²) >= 11 is 0. The molecule has 1 aliphatic rings. The zero-order valence-corrected chi connectivity index (χ0v) is 12.0. The highest BCUT2D eigenvalue weighted by molar-refractivity contribution is 5.25. The standard InChI is InChI=1S/C16H24F2N2/c1-2-3-12-4-6-13(7-5-12)15(20-19)14-8-10-16(17,18)11-9-14/h4-7,14-15,20H,2-3,8-11,19H2,1H3. The fourth-order valence-corrected chi connectivity index (χ4v) is 3.08. The molecule has 3 N–H and O–H groups in total. The van der Waals surface area contributed by atoms with Gasteiger partial charge in [-0.25, -0.2) is 8.78 Å². The molecule has 2 nitrogen and oxygen atoms in total. The van der Waals surface area contributed by atoms with Crippen molar-refractivity contribution in [3.63, 3.8) is 0 Å².